The molecule has 25 heavy (non-hydrogen) atoms. The maximum atomic E-state index is 12.8. The maximum absolute atomic E-state index is 12.8. The van der Waals surface area contributed by atoms with E-state index in [0.717, 1.165) is 38.2 Å². The number of hydrogen-bond acceptors (Lipinski definition) is 2. The topological polar surface area (TPSA) is 6.48 Å². The van der Waals surface area contributed by atoms with Gasteiger partial charge in [-0.1, -0.05) is 30.3 Å². The van der Waals surface area contributed by atoms with Crippen LogP contribution in [0.15, 0.2) is 54.6 Å². The van der Waals surface area contributed by atoms with Gasteiger partial charge in [0.2, 0.25) is 0 Å². The van der Waals surface area contributed by atoms with Crippen LogP contribution in [0.1, 0.15) is 24.0 Å². The summed E-state index contributed by atoms with van der Waals surface area (Å²) in [6, 6.07) is 16.9. The van der Waals surface area contributed by atoms with Crippen LogP contribution < -0.4 is 4.90 Å². The summed E-state index contributed by atoms with van der Waals surface area (Å²) in [5, 5.41) is 0. The zero-order valence-corrected chi connectivity index (χ0v) is 13.9. The lowest BCUT2D eigenvalue weighted by molar-refractivity contribution is -0.137. The molecule has 2 aliphatic heterocycles. The van der Waals surface area contributed by atoms with Crippen LogP contribution in [-0.4, -0.2) is 30.1 Å². The first-order valence-corrected chi connectivity index (χ1v) is 8.72. The Hall–Kier alpha value is -2.01. The average molecular weight is 346 g/mol. The van der Waals surface area contributed by atoms with Crippen LogP contribution in [0.3, 0.4) is 0 Å². The highest BCUT2D eigenvalue weighted by molar-refractivity contribution is 5.52. The Morgan fingerprint density at radius 3 is 2.00 bits per heavy atom. The molecule has 0 spiro atoms. The molecule has 2 aliphatic rings. The minimum Gasteiger partial charge on any atom is -0.363 e. The molecule has 2 nitrogen and oxygen atoms in total. The van der Waals surface area contributed by atoms with Crippen molar-refractivity contribution in [3.63, 3.8) is 0 Å². The van der Waals surface area contributed by atoms with E-state index in [-0.39, 0.29) is 0 Å². The van der Waals surface area contributed by atoms with Gasteiger partial charge >= 0.3 is 6.18 Å². The monoisotopic (exact) mass is 346 g/mol. The third-order valence-corrected chi connectivity index (χ3v) is 5.30. The number of halogens is 3. The molecule has 4 rings (SSSR count). The first-order chi connectivity index (χ1) is 12.0. The number of fused-ring (bicyclic) bond motifs is 2. The van der Waals surface area contributed by atoms with E-state index in [1.165, 1.54) is 17.7 Å². The maximum Gasteiger partial charge on any atom is 0.416 e. The molecule has 0 aliphatic carbocycles. The number of nitrogens with zero attached hydrogens (tertiary/aromatic N) is 2. The molecule has 132 valence electrons. The van der Waals surface area contributed by atoms with E-state index in [1.807, 2.05) is 6.07 Å². The molecule has 0 radical (unpaired) electrons. The van der Waals surface area contributed by atoms with Gasteiger partial charge in [0.25, 0.3) is 0 Å². The predicted molar refractivity (Wildman–Crippen MR) is 92.5 cm³/mol. The van der Waals surface area contributed by atoms with E-state index in [2.05, 4.69) is 34.1 Å². The van der Waals surface area contributed by atoms with E-state index >= 15 is 0 Å². The first-order valence-electron chi connectivity index (χ1n) is 8.72. The standard InChI is InChI=1S/C20H21F3N2/c21-20(22,23)16-6-8-17(9-7-16)25-18-10-11-19(25)14-24(13-18)12-15-4-2-1-3-5-15/h1-9,18-19H,10-14H2. The number of alkyl halides is 3. The van der Waals surface area contributed by atoms with Crippen LogP contribution in [0.5, 0.6) is 0 Å². The Balaban J connectivity index is 1.47. The number of piperazine rings is 1. The largest absolute Gasteiger partial charge is 0.416 e. The molecule has 2 saturated heterocycles. The fraction of sp³-hybridized carbons (Fsp3) is 0.400. The van der Waals surface area contributed by atoms with Crippen LogP contribution in [0.4, 0.5) is 18.9 Å². The second kappa shape index (κ2) is 6.37. The van der Waals surface area contributed by atoms with Crippen molar-refractivity contribution in [2.45, 2.75) is 37.6 Å². The molecule has 5 heteroatoms. The van der Waals surface area contributed by atoms with E-state index in [0.29, 0.717) is 12.1 Å². The van der Waals surface area contributed by atoms with Crippen molar-refractivity contribution in [2.75, 3.05) is 18.0 Å². The van der Waals surface area contributed by atoms with Crippen LogP contribution >= 0.6 is 0 Å². The van der Waals surface area contributed by atoms with Gasteiger partial charge in [0.05, 0.1) is 5.56 Å². The van der Waals surface area contributed by atoms with Crippen LogP contribution in [0.2, 0.25) is 0 Å². The summed E-state index contributed by atoms with van der Waals surface area (Å²) in [5.74, 6) is 0. The van der Waals surface area contributed by atoms with Gasteiger partial charge in [-0.2, -0.15) is 13.2 Å². The lowest BCUT2D eigenvalue weighted by Gasteiger charge is -2.42. The number of hydrogen-bond donors (Lipinski definition) is 0. The van der Waals surface area contributed by atoms with E-state index in [1.54, 1.807) is 12.1 Å². The summed E-state index contributed by atoms with van der Waals surface area (Å²) in [4.78, 5) is 4.81. The Kier molecular flexibility index (Phi) is 4.20. The van der Waals surface area contributed by atoms with Crippen molar-refractivity contribution in [1.29, 1.82) is 0 Å². The van der Waals surface area contributed by atoms with Crippen molar-refractivity contribution < 1.29 is 13.2 Å². The van der Waals surface area contributed by atoms with Crippen molar-refractivity contribution in [3.8, 4) is 0 Å². The van der Waals surface area contributed by atoms with E-state index < -0.39 is 11.7 Å². The van der Waals surface area contributed by atoms with E-state index in [9.17, 15) is 13.2 Å². The Labute approximate surface area is 145 Å². The second-order valence-electron chi connectivity index (χ2n) is 7.02. The summed E-state index contributed by atoms with van der Waals surface area (Å²) in [5.41, 5.74) is 1.65. The molecule has 0 N–H and O–H groups in total. The zero-order valence-electron chi connectivity index (χ0n) is 13.9. The molecule has 2 aromatic rings. The van der Waals surface area contributed by atoms with Gasteiger partial charge in [-0.25, -0.2) is 0 Å². The number of anilines is 1. The zero-order chi connectivity index (χ0) is 17.4. The molecule has 0 amide bonds. The highest BCUT2D eigenvalue weighted by Crippen LogP contribution is 2.37. The Bertz CT molecular complexity index is 698. The molecule has 2 unspecified atom stereocenters. The van der Waals surface area contributed by atoms with Gasteiger partial charge in [-0.15, -0.1) is 0 Å². The fourth-order valence-electron chi connectivity index (χ4n) is 4.21. The van der Waals surface area contributed by atoms with Crippen LogP contribution in [-0.2, 0) is 12.7 Å². The summed E-state index contributed by atoms with van der Waals surface area (Å²) >= 11 is 0. The number of likely N-dealkylation sites (tertiary alicyclic amines) is 1. The third kappa shape index (κ3) is 3.38. The SMILES string of the molecule is FC(F)(F)c1ccc(N2C3CCC2CN(Cc2ccccc2)C3)cc1. The summed E-state index contributed by atoms with van der Waals surface area (Å²) < 4.78 is 38.3. The van der Waals surface area contributed by atoms with Gasteiger partial charge in [-0.3, -0.25) is 4.90 Å². The molecule has 2 atom stereocenters. The minimum atomic E-state index is -4.27. The first kappa shape index (κ1) is 16.5. The number of rotatable bonds is 3. The van der Waals surface area contributed by atoms with Crippen molar-refractivity contribution >= 4 is 5.69 Å². The molecule has 2 heterocycles. The average Bonchev–Trinajstić information content (AvgIpc) is 2.86. The summed E-state index contributed by atoms with van der Waals surface area (Å²) in [7, 11) is 0. The molecule has 2 fully saturated rings. The highest BCUT2D eigenvalue weighted by atomic mass is 19.4. The molecular formula is C20H21F3N2. The molecule has 0 aromatic heterocycles. The molecule has 2 bridgehead atoms. The second-order valence-corrected chi connectivity index (χ2v) is 7.02. The smallest absolute Gasteiger partial charge is 0.363 e. The van der Waals surface area contributed by atoms with Crippen molar-refractivity contribution in [3.05, 3.63) is 65.7 Å². The number of benzene rings is 2. The molecular weight excluding hydrogens is 325 g/mol. The van der Waals surface area contributed by atoms with Crippen LogP contribution in [0, 0.1) is 0 Å². The van der Waals surface area contributed by atoms with Crippen molar-refractivity contribution in [1.82, 2.24) is 4.90 Å². The van der Waals surface area contributed by atoms with Gasteiger partial charge in [0.15, 0.2) is 0 Å². The Morgan fingerprint density at radius 2 is 1.44 bits per heavy atom. The van der Waals surface area contributed by atoms with Gasteiger partial charge in [-0.05, 0) is 42.7 Å². The van der Waals surface area contributed by atoms with E-state index in [4.69, 9.17) is 0 Å². The summed E-state index contributed by atoms with van der Waals surface area (Å²) in [6.07, 6.45) is -2.06. The van der Waals surface area contributed by atoms with Crippen molar-refractivity contribution in [2.24, 2.45) is 0 Å². The molecule has 0 saturated carbocycles. The quantitative estimate of drug-likeness (QED) is 0.804. The molecule has 2 aromatic carbocycles. The Morgan fingerprint density at radius 1 is 0.840 bits per heavy atom. The lowest BCUT2D eigenvalue weighted by atomic mass is 10.1. The van der Waals surface area contributed by atoms with Gasteiger partial charge < -0.3 is 4.90 Å². The highest BCUT2D eigenvalue weighted by Gasteiger charge is 2.40. The lowest BCUT2D eigenvalue weighted by Crippen LogP contribution is -2.53. The fourth-order valence-corrected chi connectivity index (χ4v) is 4.21. The third-order valence-electron chi connectivity index (χ3n) is 5.30. The summed E-state index contributed by atoms with van der Waals surface area (Å²) in [6.45, 7) is 2.87. The van der Waals surface area contributed by atoms with Crippen LogP contribution in [0.25, 0.3) is 0 Å². The van der Waals surface area contributed by atoms with Gasteiger partial charge in [0, 0.05) is 37.4 Å². The normalized spacial score (nSPS) is 23.9. The predicted octanol–water partition coefficient (Wildman–Crippen LogP) is 4.56. The van der Waals surface area contributed by atoms with Gasteiger partial charge in [0.1, 0.15) is 0 Å². The minimum absolute atomic E-state index is 0.388.